The lowest BCUT2D eigenvalue weighted by Gasteiger charge is -2.25. The molecule has 0 fully saturated rings. The fourth-order valence-electron chi connectivity index (χ4n) is 3.47. The predicted molar refractivity (Wildman–Crippen MR) is 136 cm³/mol. The number of anilines is 1. The number of esters is 1. The molecule has 0 heterocycles. The molecule has 0 aliphatic heterocycles. The molecule has 2 rings (SSSR count). The Morgan fingerprint density at radius 3 is 2.51 bits per heavy atom. The van der Waals surface area contributed by atoms with Crippen LogP contribution in [0.15, 0.2) is 66.3 Å². The van der Waals surface area contributed by atoms with Gasteiger partial charge in [0.05, 0.1) is 18.9 Å². The maximum absolute atomic E-state index is 14.0. The molecule has 0 aromatic heterocycles. The van der Waals surface area contributed by atoms with Crippen molar-refractivity contribution in [3.8, 4) is 5.75 Å². The molecule has 0 aliphatic carbocycles. The number of amides is 1. The summed E-state index contributed by atoms with van der Waals surface area (Å²) in [6.07, 6.45) is 4.85. The SMILES string of the molecule is CCOC(=O)/C=C(C)/C=C/CC[C@@H](C)[C@@H](OC(=O)Nc1ccc(F)cc1F)c1ccc(OCCO)cc1. The number of ether oxygens (including phenoxy) is 3. The van der Waals surface area contributed by atoms with Crippen LogP contribution in [0.5, 0.6) is 5.75 Å². The van der Waals surface area contributed by atoms with Crippen LogP contribution >= 0.6 is 0 Å². The molecular weight excluding hydrogens is 484 g/mol. The maximum Gasteiger partial charge on any atom is 0.412 e. The van der Waals surface area contributed by atoms with Crippen LogP contribution in [-0.4, -0.2) is 37.0 Å². The average molecular weight is 518 g/mol. The number of carbonyl (C=O) groups is 2. The van der Waals surface area contributed by atoms with Crippen LogP contribution in [0.25, 0.3) is 0 Å². The van der Waals surface area contributed by atoms with Crippen LogP contribution in [-0.2, 0) is 14.3 Å². The summed E-state index contributed by atoms with van der Waals surface area (Å²) in [5.74, 6) is -1.67. The van der Waals surface area contributed by atoms with E-state index >= 15 is 0 Å². The van der Waals surface area contributed by atoms with E-state index in [0.29, 0.717) is 36.8 Å². The Hall–Kier alpha value is -3.72. The molecule has 7 nitrogen and oxygen atoms in total. The van der Waals surface area contributed by atoms with E-state index in [-0.39, 0.29) is 24.8 Å². The maximum atomic E-state index is 14.0. The van der Waals surface area contributed by atoms with Gasteiger partial charge in [0.25, 0.3) is 0 Å². The molecule has 9 heteroatoms. The Labute approximate surface area is 215 Å². The Morgan fingerprint density at radius 2 is 1.86 bits per heavy atom. The topological polar surface area (TPSA) is 94.1 Å². The van der Waals surface area contributed by atoms with E-state index in [0.717, 1.165) is 17.7 Å². The molecule has 2 atom stereocenters. The third-order valence-electron chi connectivity index (χ3n) is 5.29. The monoisotopic (exact) mass is 517 g/mol. The number of rotatable bonds is 13. The Bertz CT molecular complexity index is 1080. The highest BCUT2D eigenvalue weighted by Gasteiger charge is 2.24. The summed E-state index contributed by atoms with van der Waals surface area (Å²) in [5.41, 5.74) is 1.25. The van der Waals surface area contributed by atoms with E-state index in [2.05, 4.69) is 5.32 Å². The number of hydrogen-bond donors (Lipinski definition) is 2. The molecule has 0 saturated carbocycles. The minimum atomic E-state index is -0.914. The van der Waals surface area contributed by atoms with Crippen LogP contribution in [0.2, 0.25) is 0 Å². The van der Waals surface area contributed by atoms with Gasteiger partial charge in [0.1, 0.15) is 30.1 Å². The van der Waals surface area contributed by atoms with Gasteiger partial charge in [-0.25, -0.2) is 18.4 Å². The zero-order valence-electron chi connectivity index (χ0n) is 21.2. The smallest absolute Gasteiger partial charge is 0.412 e. The Balaban J connectivity index is 2.11. The largest absolute Gasteiger partial charge is 0.491 e. The standard InChI is InChI=1S/C28H33F2NO6/c1-4-35-26(33)17-19(2)7-5-6-8-20(3)27(21-9-12-23(13-10-21)36-16-15-32)37-28(34)31-25-14-11-22(29)18-24(25)30/h5,7,9-14,17-18,20,27,32H,4,6,8,15-16H2,1-3H3,(H,31,34)/b7-5+,19-17+/t20-,27-/m1/s1. The van der Waals surface area contributed by atoms with Crippen LogP contribution in [0.1, 0.15) is 45.3 Å². The number of halogens is 2. The number of hydrogen-bond acceptors (Lipinski definition) is 6. The summed E-state index contributed by atoms with van der Waals surface area (Å²) in [6, 6.07) is 9.74. The number of aliphatic hydroxyl groups excluding tert-OH is 1. The fourth-order valence-corrected chi connectivity index (χ4v) is 3.47. The van der Waals surface area contributed by atoms with Crippen molar-refractivity contribution in [1.29, 1.82) is 0 Å². The van der Waals surface area contributed by atoms with Gasteiger partial charge in [0, 0.05) is 12.1 Å². The first-order valence-electron chi connectivity index (χ1n) is 12.0. The minimum Gasteiger partial charge on any atom is -0.491 e. The van der Waals surface area contributed by atoms with Gasteiger partial charge in [0.2, 0.25) is 0 Å². The molecule has 0 radical (unpaired) electrons. The Morgan fingerprint density at radius 1 is 1.14 bits per heavy atom. The van der Waals surface area contributed by atoms with Gasteiger partial charge in [-0.15, -0.1) is 0 Å². The predicted octanol–water partition coefficient (Wildman–Crippen LogP) is 6.11. The minimum absolute atomic E-state index is 0.118. The van der Waals surface area contributed by atoms with Crippen molar-refractivity contribution in [1.82, 2.24) is 0 Å². The highest BCUT2D eigenvalue weighted by atomic mass is 19.1. The van der Waals surface area contributed by atoms with Gasteiger partial charge in [-0.3, -0.25) is 5.32 Å². The number of nitrogens with one attached hydrogen (secondary N) is 1. The number of aliphatic hydroxyl groups is 1. The second kappa shape index (κ2) is 15.4. The van der Waals surface area contributed by atoms with Crippen LogP contribution in [0, 0.1) is 17.6 Å². The van der Waals surface area contributed by atoms with Gasteiger partial charge >= 0.3 is 12.1 Å². The normalized spacial score (nSPS) is 13.2. The lowest BCUT2D eigenvalue weighted by atomic mass is 9.93. The van der Waals surface area contributed by atoms with Crippen LogP contribution < -0.4 is 10.1 Å². The quantitative estimate of drug-likeness (QED) is 0.189. The van der Waals surface area contributed by atoms with Gasteiger partial charge in [-0.1, -0.05) is 31.2 Å². The van der Waals surface area contributed by atoms with Gasteiger partial charge < -0.3 is 19.3 Å². The zero-order valence-corrected chi connectivity index (χ0v) is 21.2. The molecule has 2 N–H and O–H groups in total. The molecule has 2 aromatic rings. The van der Waals surface area contributed by atoms with E-state index < -0.39 is 29.8 Å². The van der Waals surface area contributed by atoms with Crippen molar-refractivity contribution in [2.45, 2.75) is 39.7 Å². The number of carbonyl (C=O) groups excluding carboxylic acids is 2. The molecule has 37 heavy (non-hydrogen) atoms. The van der Waals surface area contributed by atoms with Crippen molar-refractivity contribution in [3.05, 3.63) is 83.5 Å². The first kappa shape index (κ1) is 29.5. The first-order valence-corrected chi connectivity index (χ1v) is 12.0. The average Bonchev–Trinajstić information content (AvgIpc) is 2.86. The molecule has 1 amide bonds. The van der Waals surface area contributed by atoms with Crippen LogP contribution in [0.3, 0.4) is 0 Å². The lowest BCUT2D eigenvalue weighted by Crippen LogP contribution is -2.22. The molecule has 200 valence electrons. The van der Waals surface area contributed by atoms with Crippen molar-refractivity contribution in [2.24, 2.45) is 5.92 Å². The summed E-state index contributed by atoms with van der Waals surface area (Å²) in [4.78, 5) is 24.2. The van der Waals surface area contributed by atoms with E-state index in [1.807, 2.05) is 19.1 Å². The fraction of sp³-hybridized carbons (Fsp3) is 0.357. The molecule has 0 aliphatic rings. The first-order chi connectivity index (χ1) is 17.7. The van der Waals surface area contributed by atoms with Gasteiger partial charge in [0.15, 0.2) is 0 Å². The summed E-state index contributed by atoms with van der Waals surface area (Å²) < 4.78 is 43.1. The molecular formula is C28H33F2NO6. The van der Waals surface area contributed by atoms with E-state index in [4.69, 9.17) is 19.3 Å². The second-order valence-corrected chi connectivity index (χ2v) is 8.31. The molecule has 0 spiro atoms. The lowest BCUT2D eigenvalue weighted by molar-refractivity contribution is -0.137. The summed E-state index contributed by atoms with van der Waals surface area (Å²) in [6.45, 7) is 5.79. The highest BCUT2D eigenvalue weighted by molar-refractivity contribution is 5.85. The van der Waals surface area contributed by atoms with E-state index in [9.17, 15) is 18.4 Å². The molecule has 2 aromatic carbocycles. The van der Waals surface area contributed by atoms with Crippen molar-refractivity contribution >= 4 is 17.7 Å². The van der Waals surface area contributed by atoms with E-state index in [1.165, 1.54) is 6.08 Å². The van der Waals surface area contributed by atoms with Gasteiger partial charge in [-0.05, 0) is 68.0 Å². The van der Waals surface area contributed by atoms with Crippen molar-refractivity contribution in [2.75, 3.05) is 25.1 Å². The summed E-state index contributed by atoms with van der Waals surface area (Å²) in [7, 11) is 0. The number of benzene rings is 2. The van der Waals surface area contributed by atoms with Crippen LogP contribution in [0.4, 0.5) is 19.3 Å². The Kier molecular flexibility index (Phi) is 12.3. The van der Waals surface area contributed by atoms with E-state index in [1.54, 1.807) is 38.1 Å². The molecule has 0 saturated heterocycles. The number of allylic oxidation sites excluding steroid dienone is 3. The molecule has 0 unspecified atom stereocenters. The molecule has 0 bridgehead atoms. The van der Waals surface area contributed by atoms with Gasteiger partial charge in [-0.2, -0.15) is 0 Å². The highest BCUT2D eigenvalue weighted by Crippen LogP contribution is 2.31. The summed E-state index contributed by atoms with van der Waals surface area (Å²) in [5, 5.41) is 11.3. The second-order valence-electron chi connectivity index (χ2n) is 8.31. The summed E-state index contributed by atoms with van der Waals surface area (Å²) >= 11 is 0. The third-order valence-corrected chi connectivity index (χ3v) is 5.29. The van der Waals surface area contributed by atoms with Crippen molar-refractivity contribution in [3.63, 3.8) is 0 Å². The zero-order chi connectivity index (χ0) is 27.2. The third kappa shape index (κ3) is 10.4. The van der Waals surface area contributed by atoms with Crippen molar-refractivity contribution < 1.29 is 37.7 Å².